The van der Waals surface area contributed by atoms with Crippen LogP contribution in [0.25, 0.3) is 0 Å². The first-order valence-electron chi connectivity index (χ1n) is 3.54. The van der Waals surface area contributed by atoms with Crippen LogP contribution < -0.4 is 5.32 Å². The SMILES string of the molecule is CN(C)C(=O)NC(=O)c1ccon1. The highest BCUT2D eigenvalue weighted by Crippen LogP contribution is 1.93. The van der Waals surface area contributed by atoms with E-state index >= 15 is 0 Å². The molecule has 3 amide bonds. The molecule has 0 unspecified atom stereocenters. The van der Waals surface area contributed by atoms with Gasteiger partial charge in [-0.05, 0) is 0 Å². The Bertz CT molecular complexity index is 305. The molecule has 0 spiro atoms. The minimum absolute atomic E-state index is 0.0789. The second-order valence-corrected chi connectivity index (χ2v) is 2.54. The number of carbonyl (C=O) groups is 2. The Kier molecular flexibility index (Phi) is 2.63. The molecule has 0 aliphatic carbocycles. The van der Waals surface area contributed by atoms with Gasteiger partial charge in [0.1, 0.15) is 6.26 Å². The summed E-state index contributed by atoms with van der Waals surface area (Å²) in [6, 6.07) is 0.881. The van der Waals surface area contributed by atoms with Crippen LogP contribution in [0.1, 0.15) is 10.5 Å². The summed E-state index contributed by atoms with van der Waals surface area (Å²) in [6.07, 6.45) is 1.26. The number of hydrogen-bond acceptors (Lipinski definition) is 4. The zero-order chi connectivity index (χ0) is 9.84. The summed E-state index contributed by atoms with van der Waals surface area (Å²) in [5.41, 5.74) is 0.0789. The second kappa shape index (κ2) is 3.70. The predicted molar refractivity (Wildman–Crippen MR) is 43.1 cm³/mol. The van der Waals surface area contributed by atoms with E-state index in [1.54, 1.807) is 0 Å². The summed E-state index contributed by atoms with van der Waals surface area (Å²) in [5, 5.41) is 5.48. The van der Waals surface area contributed by atoms with Crippen LogP contribution in [0.15, 0.2) is 16.9 Å². The van der Waals surface area contributed by atoms with Crippen molar-refractivity contribution in [2.45, 2.75) is 0 Å². The van der Waals surface area contributed by atoms with Gasteiger partial charge in [-0.2, -0.15) is 0 Å². The van der Waals surface area contributed by atoms with Gasteiger partial charge in [-0.15, -0.1) is 0 Å². The van der Waals surface area contributed by atoms with Crippen molar-refractivity contribution < 1.29 is 14.1 Å². The summed E-state index contributed by atoms with van der Waals surface area (Å²) in [7, 11) is 3.07. The van der Waals surface area contributed by atoms with Crippen molar-refractivity contribution >= 4 is 11.9 Å². The summed E-state index contributed by atoms with van der Waals surface area (Å²) < 4.78 is 4.44. The standard InChI is InChI=1S/C7H9N3O3/c1-10(2)7(12)8-6(11)5-3-4-13-9-5/h3-4H,1-2H3,(H,8,11,12). The van der Waals surface area contributed by atoms with Crippen LogP contribution in [-0.2, 0) is 0 Å². The highest BCUT2D eigenvalue weighted by atomic mass is 16.5. The van der Waals surface area contributed by atoms with Gasteiger partial charge in [-0.25, -0.2) is 4.79 Å². The molecule has 0 aromatic carbocycles. The lowest BCUT2D eigenvalue weighted by Gasteiger charge is -2.09. The molecule has 0 aliphatic rings. The van der Waals surface area contributed by atoms with Crippen LogP contribution in [0.3, 0.4) is 0 Å². The Hall–Kier alpha value is -1.85. The molecule has 70 valence electrons. The van der Waals surface area contributed by atoms with Gasteiger partial charge >= 0.3 is 6.03 Å². The largest absolute Gasteiger partial charge is 0.364 e. The molecular weight excluding hydrogens is 174 g/mol. The van der Waals surface area contributed by atoms with Gasteiger partial charge in [0.2, 0.25) is 0 Å². The zero-order valence-electron chi connectivity index (χ0n) is 7.27. The maximum atomic E-state index is 11.1. The molecule has 0 atom stereocenters. The fraction of sp³-hybridized carbons (Fsp3) is 0.286. The smallest absolute Gasteiger partial charge is 0.323 e. The average molecular weight is 183 g/mol. The van der Waals surface area contributed by atoms with E-state index in [2.05, 4.69) is 15.0 Å². The number of aromatic nitrogens is 1. The summed E-state index contributed by atoms with van der Waals surface area (Å²) in [4.78, 5) is 23.4. The van der Waals surface area contributed by atoms with E-state index in [9.17, 15) is 9.59 Å². The Labute approximate surface area is 74.5 Å². The van der Waals surface area contributed by atoms with Crippen molar-refractivity contribution in [1.82, 2.24) is 15.4 Å². The molecule has 0 radical (unpaired) electrons. The molecule has 0 aliphatic heterocycles. The van der Waals surface area contributed by atoms with Crippen LogP contribution >= 0.6 is 0 Å². The molecule has 13 heavy (non-hydrogen) atoms. The lowest BCUT2D eigenvalue weighted by atomic mass is 10.4. The van der Waals surface area contributed by atoms with Crippen molar-refractivity contribution in [2.24, 2.45) is 0 Å². The third-order valence-corrected chi connectivity index (χ3v) is 1.30. The summed E-state index contributed by atoms with van der Waals surface area (Å²) >= 11 is 0. The normalized spacial score (nSPS) is 9.38. The maximum Gasteiger partial charge on any atom is 0.323 e. The first-order chi connectivity index (χ1) is 6.11. The fourth-order valence-corrected chi connectivity index (χ4v) is 0.603. The first kappa shape index (κ1) is 9.24. The Balaban J connectivity index is 2.57. The van der Waals surface area contributed by atoms with Crippen LogP contribution in [0.4, 0.5) is 4.79 Å². The van der Waals surface area contributed by atoms with E-state index in [1.807, 2.05) is 0 Å². The number of carbonyl (C=O) groups excluding carboxylic acids is 2. The number of imide groups is 1. The number of hydrogen-bond donors (Lipinski definition) is 1. The number of amides is 3. The number of nitrogens with zero attached hydrogens (tertiary/aromatic N) is 2. The third kappa shape index (κ3) is 2.29. The van der Waals surface area contributed by atoms with Gasteiger partial charge in [0.25, 0.3) is 5.91 Å². The monoisotopic (exact) mass is 183 g/mol. The van der Waals surface area contributed by atoms with E-state index in [4.69, 9.17) is 0 Å². The molecule has 1 rings (SSSR count). The van der Waals surface area contributed by atoms with Crippen molar-refractivity contribution in [3.63, 3.8) is 0 Å². The highest BCUT2D eigenvalue weighted by molar-refractivity contribution is 6.02. The molecule has 1 heterocycles. The molecule has 0 saturated carbocycles. The van der Waals surface area contributed by atoms with Gasteiger partial charge in [0.15, 0.2) is 5.69 Å². The van der Waals surface area contributed by atoms with Gasteiger partial charge in [0, 0.05) is 20.2 Å². The fourth-order valence-electron chi connectivity index (χ4n) is 0.603. The number of nitrogens with one attached hydrogen (secondary N) is 1. The Morgan fingerprint density at radius 3 is 2.69 bits per heavy atom. The second-order valence-electron chi connectivity index (χ2n) is 2.54. The van der Waals surface area contributed by atoms with Crippen LogP contribution in [-0.4, -0.2) is 36.1 Å². The number of urea groups is 1. The van der Waals surface area contributed by atoms with E-state index in [0.29, 0.717) is 0 Å². The van der Waals surface area contributed by atoms with Crippen molar-refractivity contribution in [1.29, 1.82) is 0 Å². The summed E-state index contributed by atoms with van der Waals surface area (Å²) in [5.74, 6) is -0.576. The van der Waals surface area contributed by atoms with E-state index < -0.39 is 11.9 Å². The van der Waals surface area contributed by atoms with Gasteiger partial charge < -0.3 is 9.42 Å². The molecule has 1 N–H and O–H groups in total. The van der Waals surface area contributed by atoms with Gasteiger partial charge in [-0.3, -0.25) is 10.1 Å². The highest BCUT2D eigenvalue weighted by Gasteiger charge is 2.13. The lowest BCUT2D eigenvalue weighted by Crippen LogP contribution is -2.38. The molecule has 1 aromatic rings. The van der Waals surface area contributed by atoms with Crippen LogP contribution in [0, 0.1) is 0 Å². The molecule has 0 bridgehead atoms. The predicted octanol–water partition coefficient (Wildman–Crippen LogP) is 0.0860. The minimum atomic E-state index is -0.576. The Morgan fingerprint density at radius 1 is 1.54 bits per heavy atom. The van der Waals surface area contributed by atoms with E-state index in [1.165, 1.54) is 31.3 Å². The number of rotatable bonds is 1. The summed E-state index contributed by atoms with van der Waals surface area (Å²) in [6.45, 7) is 0. The third-order valence-electron chi connectivity index (χ3n) is 1.30. The minimum Gasteiger partial charge on any atom is -0.364 e. The van der Waals surface area contributed by atoms with Crippen LogP contribution in [0.5, 0.6) is 0 Å². The van der Waals surface area contributed by atoms with Crippen molar-refractivity contribution in [3.8, 4) is 0 Å². The molecule has 0 saturated heterocycles. The Morgan fingerprint density at radius 2 is 2.23 bits per heavy atom. The van der Waals surface area contributed by atoms with Gasteiger partial charge in [0.05, 0.1) is 0 Å². The quantitative estimate of drug-likeness (QED) is 0.669. The maximum absolute atomic E-state index is 11.1. The first-order valence-corrected chi connectivity index (χ1v) is 3.54. The topological polar surface area (TPSA) is 75.4 Å². The molecule has 1 aromatic heterocycles. The zero-order valence-corrected chi connectivity index (χ0v) is 7.27. The van der Waals surface area contributed by atoms with Crippen molar-refractivity contribution in [3.05, 3.63) is 18.0 Å². The van der Waals surface area contributed by atoms with E-state index in [0.717, 1.165) is 0 Å². The molecule has 0 fully saturated rings. The van der Waals surface area contributed by atoms with Crippen molar-refractivity contribution in [2.75, 3.05) is 14.1 Å². The van der Waals surface area contributed by atoms with Crippen LogP contribution in [0.2, 0.25) is 0 Å². The molecule has 6 heteroatoms. The molecule has 6 nitrogen and oxygen atoms in total. The average Bonchev–Trinajstić information content (AvgIpc) is 2.55. The van der Waals surface area contributed by atoms with Gasteiger partial charge in [-0.1, -0.05) is 5.16 Å². The molecular formula is C7H9N3O3. The lowest BCUT2D eigenvalue weighted by molar-refractivity contribution is 0.0948. The van der Waals surface area contributed by atoms with E-state index in [-0.39, 0.29) is 5.69 Å².